The van der Waals surface area contributed by atoms with Gasteiger partial charge in [-0.25, -0.2) is 0 Å². The topological polar surface area (TPSA) is 12.5 Å². The summed E-state index contributed by atoms with van der Waals surface area (Å²) in [6.07, 6.45) is 0. The SMILES string of the molecule is C(#CC(c1ccc2ccccc2c1)N1CCOCC1)c1ccccc1. The number of hydrogen-bond acceptors (Lipinski definition) is 2. The van der Waals surface area contributed by atoms with E-state index in [1.165, 1.54) is 16.3 Å². The van der Waals surface area contributed by atoms with Crippen molar-refractivity contribution in [1.29, 1.82) is 0 Å². The Morgan fingerprint density at radius 1 is 0.800 bits per heavy atom. The van der Waals surface area contributed by atoms with Gasteiger partial charge < -0.3 is 4.74 Å². The molecule has 0 saturated carbocycles. The second-order valence-electron chi connectivity index (χ2n) is 6.29. The predicted octanol–water partition coefficient (Wildman–Crippen LogP) is 4.26. The first-order valence-electron chi connectivity index (χ1n) is 8.77. The van der Waals surface area contributed by atoms with Gasteiger partial charge in [0.15, 0.2) is 0 Å². The van der Waals surface area contributed by atoms with Gasteiger partial charge in [0, 0.05) is 18.7 Å². The zero-order chi connectivity index (χ0) is 16.9. The second-order valence-corrected chi connectivity index (χ2v) is 6.29. The van der Waals surface area contributed by atoms with Crippen LogP contribution in [0.4, 0.5) is 0 Å². The van der Waals surface area contributed by atoms with Crippen molar-refractivity contribution in [3.63, 3.8) is 0 Å². The van der Waals surface area contributed by atoms with Gasteiger partial charge in [-0.05, 0) is 34.5 Å². The van der Waals surface area contributed by atoms with Crippen molar-refractivity contribution < 1.29 is 4.74 Å². The van der Waals surface area contributed by atoms with Crippen LogP contribution in [-0.4, -0.2) is 31.2 Å². The van der Waals surface area contributed by atoms with E-state index >= 15 is 0 Å². The number of benzene rings is 3. The Hall–Kier alpha value is -2.60. The highest BCUT2D eigenvalue weighted by Gasteiger charge is 2.21. The van der Waals surface area contributed by atoms with Crippen molar-refractivity contribution in [2.75, 3.05) is 26.3 Å². The minimum Gasteiger partial charge on any atom is -0.379 e. The summed E-state index contributed by atoms with van der Waals surface area (Å²) in [6, 6.07) is 25.5. The molecule has 0 bridgehead atoms. The normalized spacial score (nSPS) is 16.2. The maximum absolute atomic E-state index is 5.53. The molecule has 3 aromatic carbocycles. The molecule has 0 N–H and O–H groups in total. The molecule has 1 heterocycles. The lowest BCUT2D eigenvalue weighted by molar-refractivity contribution is 0.0270. The monoisotopic (exact) mass is 327 g/mol. The van der Waals surface area contributed by atoms with E-state index in [2.05, 4.69) is 71.3 Å². The van der Waals surface area contributed by atoms with Crippen LogP contribution in [0.15, 0.2) is 72.8 Å². The molecule has 1 aliphatic rings. The third-order valence-corrected chi connectivity index (χ3v) is 4.63. The molecule has 0 aliphatic carbocycles. The summed E-state index contributed by atoms with van der Waals surface area (Å²) >= 11 is 0. The molecule has 1 fully saturated rings. The molecule has 0 spiro atoms. The highest BCUT2D eigenvalue weighted by atomic mass is 16.5. The highest BCUT2D eigenvalue weighted by molar-refractivity contribution is 5.83. The first kappa shape index (κ1) is 15.9. The molecule has 25 heavy (non-hydrogen) atoms. The van der Waals surface area contributed by atoms with Crippen molar-refractivity contribution >= 4 is 10.8 Å². The molecule has 2 heteroatoms. The molecule has 0 radical (unpaired) electrons. The van der Waals surface area contributed by atoms with Crippen LogP contribution in [0.3, 0.4) is 0 Å². The van der Waals surface area contributed by atoms with Crippen LogP contribution in [0.2, 0.25) is 0 Å². The molecule has 3 aromatic rings. The van der Waals surface area contributed by atoms with Gasteiger partial charge in [-0.3, -0.25) is 4.90 Å². The van der Waals surface area contributed by atoms with Crippen molar-refractivity contribution in [3.05, 3.63) is 83.9 Å². The minimum atomic E-state index is 0.0914. The first-order valence-corrected chi connectivity index (χ1v) is 8.77. The zero-order valence-electron chi connectivity index (χ0n) is 14.2. The number of rotatable bonds is 2. The Labute approximate surface area is 149 Å². The van der Waals surface area contributed by atoms with Crippen LogP contribution in [0, 0.1) is 11.8 Å². The molecule has 4 rings (SSSR count). The molecular weight excluding hydrogens is 306 g/mol. The van der Waals surface area contributed by atoms with Crippen LogP contribution >= 0.6 is 0 Å². The Morgan fingerprint density at radius 3 is 2.32 bits per heavy atom. The van der Waals surface area contributed by atoms with E-state index in [0.717, 1.165) is 31.9 Å². The van der Waals surface area contributed by atoms with Crippen LogP contribution in [0.1, 0.15) is 17.2 Å². The Bertz CT molecular complexity index is 901. The lowest BCUT2D eigenvalue weighted by Crippen LogP contribution is -2.38. The van der Waals surface area contributed by atoms with Crippen LogP contribution in [-0.2, 0) is 4.74 Å². The summed E-state index contributed by atoms with van der Waals surface area (Å²) < 4.78 is 5.53. The van der Waals surface area contributed by atoms with E-state index in [9.17, 15) is 0 Å². The third kappa shape index (κ3) is 3.74. The number of ether oxygens (including phenoxy) is 1. The lowest BCUT2D eigenvalue weighted by Gasteiger charge is -2.32. The van der Waals surface area contributed by atoms with Gasteiger partial charge in [-0.2, -0.15) is 0 Å². The van der Waals surface area contributed by atoms with E-state index in [4.69, 9.17) is 4.74 Å². The summed E-state index contributed by atoms with van der Waals surface area (Å²) in [6.45, 7) is 3.39. The second kappa shape index (κ2) is 7.53. The lowest BCUT2D eigenvalue weighted by atomic mass is 10.00. The van der Waals surface area contributed by atoms with Gasteiger partial charge in [0.1, 0.15) is 0 Å². The molecule has 0 aromatic heterocycles. The van der Waals surface area contributed by atoms with Crippen LogP contribution < -0.4 is 0 Å². The average molecular weight is 327 g/mol. The fourth-order valence-corrected chi connectivity index (χ4v) is 3.27. The highest BCUT2D eigenvalue weighted by Crippen LogP contribution is 2.25. The molecular formula is C23H21NO. The summed E-state index contributed by atoms with van der Waals surface area (Å²) in [7, 11) is 0. The maximum Gasteiger partial charge on any atom is 0.0976 e. The van der Waals surface area contributed by atoms with E-state index in [1.54, 1.807) is 0 Å². The number of fused-ring (bicyclic) bond motifs is 1. The summed E-state index contributed by atoms with van der Waals surface area (Å²) in [4.78, 5) is 2.42. The fourth-order valence-electron chi connectivity index (χ4n) is 3.27. The molecule has 1 aliphatic heterocycles. The Morgan fingerprint density at radius 2 is 1.52 bits per heavy atom. The van der Waals surface area contributed by atoms with Gasteiger partial charge in [0.2, 0.25) is 0 Å². The third-order valence-electron chi connectivity index (χ3n) is 4.63. The maximum atomic E-state index is 5.53. The number of morpholine rings is 1. The van der Waals surface area contributed by atoms with Crippen molar-refractivity contribution in [2.24, 2.45) is 0 Å². The quantitative estimate of drug-likeness (QED) is 0.652. The molecule has 1 atom stereocenters. The minimum absolute atomic E-state index is 0.0914. The zero-order valence-corrected chi connectivity index (χ0v) is 14.2. The van der Waals surface area contributed by atoms with Crippen molar-refractivity contribution in [1.82, 2.24) is 4.90 Å². The van der Waals surface area contributed by atoms with Gasteiger partial charge in [0.25, 0.3) is 0 Å². The first-order chi connectivity index (χ1) is 12.4. The summed E-state index contributed by atoms with van der Waals surface area (Å²) in [5.41, 5.74) is 2.31. The number of nitrogens with zero attached hydrogens (tertiary/aromatic N) is 1. The molecule has 1 saturated heterocycles. The molecule has 124 valence electrons. The van der Waals surface area contributed by atoms with E-state index in [1.807, 2.05) is 18.2 Å². The number of hydrogen-bond donors (Lipinski definition) is 0. The Balaban J connectivity index is 1.72. The van der Waals surface area contributed by atoms with Crippen LogP contribution in [0.25, 0.3) is 10.8 Å². The smallest absolute Gasteiger partial charge is 0.0976 e. The van der Waals surface area contributed by atoms with Crippen molar-refractivity contribution in [3.8, 4) is 11.8 Å². The van der Waals surface area contributed by atoms with E-state index in [-0.39, 0.29) is 6.04 Å². The summed E-state index contributed by atoms with van der Waals surface area (Å²) in [5.74, 6) is 6.86. The average Bonchev–Trinajstić information content (AvgIpc) is 2.70. The van der Waals surface area contributed by atoms with Gasteiger partial charge >= 0.3 is 0 Å². The van der Waals surface area contributed by atoms with Crippen LogP contribution in [0.5, 0.6) is 0 Å². The summed E-state index contributed by atoms with van der Waals surface area (Å²) in [5, 5.41) is 2.53. The Kier molecular flexibility index (Phi) is 4.79. The van der Waals surface area contributed by atoms with Gasteiger partial charge in [-0.15, -0.1) is 0 Å². The molecule has 0 amide bonds. The van der Waals surface area contributed by atoms with E-state index < -0.39 is 0 Å². The molecule has 1 unspecified atom stereocenters. The van der Waals surface area contributed by atoms with E-state index in [0.29, 0.717) is 0 Å². The fraction of sp³-hybridized carbons (Fsp3) is 0.217. The predicted molar refractivity (Wildman–Crippen MR) is 102 cm³/mol. The largest absolute Gasteiger partial charge is 0.379 e. The molecule has 2 nitrogen and oxygen atoms in total. The standard InChI is InChI=1S/C23H21NO/c1-2-6-19(7-3-1)10-13-23(24-14-16-25-17-15-24)22-12-11-20-8-4-5-9-21(20)18-22/h1-9,11-12,18,23H,14-17H2. The van der Waals surface area contributed by atoms with Crippen molar-refractivity contribution in [2.45, 2.75) is 6.04 Å². The van der Waals surface area contributed by atoms with Gasteiger partial charge in [-0.1, -0.05) is 66.4 Å². The van der Waals surface area contributed by atoms with Gasteiger partial charge in [0.05, 0.1) is 19.3 Å².